The molecule has 0 spiro atoms. The first-order chi connectivity index (χ1) is 12.5. The molecule has 0 bridgehead atoms. The molecule has 0 aromatic carbocycles. The van der Waals surface area contributed by atoms with Crippen molar-refractivity contribution in [2.75, 3.05) is 13.1 Å². The predicted molar refractivity (Wildman–Crippen MR) is 94.7 cm³/mol. The molecular weight excluding hydrogens is 334 g/mol. The van der Waals surface area contributed by atoms with Crippen molar-refractivity contribution in [2.24, 2.45) is 7.05 Å². The van der Waals surface area contributed by atoms with Crippen LogP contribution in [0.4, 0.5) is 0 Å². The van der Waals surface area contributed by atoms with Crippen molar-refractivity contribution in [3.05, 3.63) is 16.3 Å². The largest absolute Gasteiger partial charge is 0.345 e. The first kappa shape index (κ1) is 17.3. The summed E-state index contributed by atoms with van der Waals surface area (Å²) < 4.78 is 3.38. The highest BCUT2D eigenvalue weighted by Gasteiger charge is 2.35. The summed E-state index contributed by atoms with van der Waals surface area (Å²) in [4.78, 5) is 38.3. The van der Waals surface area contributed by atoms with Gasteiger partial charge in [-0.25, -0.2) is 9.48 Å². The lowest BCUT2D eigenvalue weighted by atomic mass is 9.95. The van der Waals surface area contributed by atoms with Crippen molar-refractivity contribution in [1.29, 1.82) is 0 Å². The van der Waals surface area contributed by atoms with E-state index in [0.29, 0.717) is 25.9 Å². The van der Waals surface area contributed by atoms with E-state index in [-0.39, 0.29) is 35.5 Å². The molecule has 0 radical (unpaired) electrons. The third-order valence-corrected chi connectivity index (χ3v) is 6.14. The van der Waals surface area contributed by atoms with Crippen molar-refractivity contribution >= 4 is 11.8 Å². The quantitative estimate of drug-likeness (QED) is 0.857. The number of carbonyl (C=O) groups excluding carboxylic acids is 2. The van der Waals surface area contributed by atoms with Crippen molar-refractivity contribution in [3.8, 4) is 0 Å². The highest BCUT2D eigenvalue weighted by atomic mass is 16.2. The molecule has 2 aliphatic heterocycles. The number of aromatic nitrogens is 3. The van der Waals surface area contributed by atoms with Gasteiger partial charge in [0.1, 0.15) is 11.9 Å². The Balaban J connectivity index is 1.45. The normalized spacial score (nSPS) is 25.0. The molecule has 4 rings (SSSR count). The van der Waals surface area contributed by atoms with Crippen LogP contribution in [0.5, 0.6) is 0 Å². The number of nitrogens with zero attached hydrogens (tertiary/aromatic N) is 4. The number of likely N-dealkylation sites (tertiary alicyclic amines) is 1. The zero-order chi connectivity index (χ0) is 18.3. The molecule has 1 unspecified atom stereocenters. The van der Waals surface area contributed by atoms with Crippen molar-refractivity contribution in [1.82, 2.24) is 24.6 Å². The maximum absolute atomic E-state index is 12.6. The van der Waals surface area contributed by atoms with Crippen LogP contribution >= 0.6 is 0 Å². The van der Waals surface area contributed by atoms with Crippen LogP contribution in [0.15, 0.2) is 4.79 Å². The minimum Gasteiger partial charge on any atom is -0.344 e. The minimum absolute atomic E-state index is 0.0147. The molecule has 1 N–H and O–H groups in total. The number of nitrogens with one attached hydrogen (secondary N) is 1. The Kier molecular flexibility index (Phi) is 4.58. The molecule has 1 saturated carbocycles. The van der Waals surface area contributed by atoms with E-state index >= 15 is 0 Å². The molecule has 3 fully saturated rings. The van der Waals surface area contributed by atoms with Crippen LogP contribution < -0.4 is 11.0 Å². The number of rotatable bonds is 3. The Bertz CT molecular complexity index is 753. The van der Waals surface area contributed by atoms with Gasteiger partial charge in [-0.1, -0.05) is 12.8 Å². The molecule has 1 atom stereocenters. The fraction of sp³-hybridized carbons (Fsp3) is 0.778. The fourth-order valence-corrected chi connectivity index (χ4v) is 4.66. The molecule has 1 aromatic heterocycles. The average Bonchev–Trinajstić information content (AvgIpc) is 3.37. The monoisotopic (exact) mass is 361 g/mol. The van der Waals surface area contributed by atoms with Gasteiger partial charge in [0.2, 0.25) is 11.8 Å². The van der Waals surface area contributed by atoms with Gasteiger partial charge in [0, 0.05) is 38.5 Å². The standard InChI is InChI=1S/C18H27N5O3/c1-21-18(26)23(13-4-2-3-5-13)16(20-21)12-8-10-22(11-9-12)17(25)14-6-7-15(24)19-14/h12-14H,2-11H2,1H3,(H,19,24). The van der Waals surface area contributed by atoms with Gasteiger partial charge in [0.05, 0.1) is 0 Å². The molecule has 3 heterocycles. The zero-order valence-electron chi connectivity index (χ0n) is 15.3. The number of carbonyl (C=O) groups is 2. The molecule has 3 aliphatic rings. The summed E-state index contributed by atoms with van der Waals surface area (Å²) in [5.41, 5.74) is -0.0147. The smallest absolute Gasteiger partial charge is 0.344 e. The average molecular weight is 361 g/mol. The van der Waals surface area contributed by atoms with Crippen LogP contribution in [0.25, 0.3) is 0 Å². The highest BCUT2D eigenvalue weighted by Crippen LogP contribution is 2.33. The van der Waals surface area contributed by atoms with Gasteiger partial charge in [0.15, 0.2) is 0 Å². The van der Waals surface area contributed by atoms with Gasteiger partial charge in [-0.3, -0.25) is 14.2 Å². The molecule has 2 saturated heterocycles. The number of hydrogen-bond donors (Lipinski definition) is 1. The van der Waals surface area contributed by atoms with E-state index in [2.05, 4.69) is 10.4 Å². The van der Waals surface area contributed by atoms with E-state index in [9.17, 15) is 14.4 Å². The Hall–Kier alpha value is -2.12. The minimum atomic E-state index is -0.356. The highest BCUT2D eigenvalue weighted by molar-refractivity contribution is 5.90. The fourth-order valence-electron chi connectivity index (χ4n) is 4.66. The third-order valence-electron chi connectivity index (χ3n) is 6.14. The molecule has 8 nitrogen and oxygen atoms in total. The topological polar surface area (TPSA) is 89.2 Å². The van der Waals surface area contributed by atoms with Crippen LogP contribution in [-0.4, -0.2) is 50.2 Å². The second kappa shape index (κ2) is 6.89. The van der Waals surface area contributed by atoms with Crippen molar-refractivity contribution < 1.29 is 9.59 Å². The summed E-state index contributed by atoms with van der Waals surface area (Å²) in [7, 11) is 1.72. The lowest BCUT2D eigenvalue weighted by Crippen LogP contribution is -2.47. The number of aryl methyl sites for hydroxylation is 1. The summed E-state index contributed by atoms with van der Waals surface area (Å²) in [5, 5.41) is 7.30. The number of piperidine rings is 1. The van der Waals surface area contributed by atoms with E-state index < -0.39 is 0 Å². The summed E-state index contributed by atoms with van der Waals surface area (Å²) in [5.74, 6) is 1.10. The van der Waals surface area contributed by atoms with Gasteiger partial charge in [0.25, 0.3) is 0 Å². The summed E-state index contributed by atoms with van der Waals surface area (Å²) in [6, 6.07) is -0.0786. The first-order valence-electron chi connectivity index (χ1n) is 9.78. The molecule has 26 heavy (non-hydrogen) atoms. The van der Waals surface area contributed by atoms with Gasteiger partial charge in [-0.15, -0.1) is 0 Å². The molecule has 8 heteroatoms. The van der Waals surface area contributed by atoms with Crippen molar-refractivity contribution in [2.45, 2.75) is 69.4 Å². The molecule has 142 valence electrons. The van der Waals surface area contributed by atoms with Gasteiger partial charge in [-0.05, 0) is 32.1 Å². The zero-order valence-corrected chi connectivity index (χ0v) is 15.3. The molecule has 1 aliphatic carbocycles. The second-order valence-electron chi connectivity index (χ2n) is 7.83. The van der Waals surface area contributed by atoms with E-state index in [1.165, 1.54) is 17.5 Å². The van der Waals surface area contributed by atoms with Crippen LogP contribution in [0.1, 0.15) is 69.2 Å². The number of amides is 2. The van der Waals surface area contributed by atoms with E-state index in [4.69, 9.17) is 0 Å². The predicted octanol–water partition coefficient (Wildman–Crippen LogP) is 0.681. The SMILES string of the molecule is Cn1nc(C2CCN(C(=O)C3CCC(=O)N3)CC2)n(C2CCCC2)c1=O. The van der Waals surface area contributed by atoms with Crippen LogP contribution in [0.2, 0.25) is 0 Å². The first-order valence-corrected chi connectivity index (χ1v) is 9.78. The van der Waals surface area contributed by atoms with E-state index in [1.54, 1.807) is 7.05 Å². The lowest BCUT2D eigenvalue weighted by molar-refractivity contribution is -0.135. The Morgan fingerprint density at radius 3 is 2.38 bits per heavy atom. The van der Waals surface area contributed by atoms with Crippen molar-refractivity contribution in [3.63, 3.8) is 0 Å². The second-order valence-corrected chi connectivity index (χ2v) is 7.83. The summed E-state index contributed by atoms with van der Waals surface area (Å²) >= 11 is 0. The Labute approximate surface area is 152 Å². The maximum Gasteiger partial charge on any atom is 0.345 e. The van der Waals surface area contributed by atoms with Gasteiger partial charge < -0.3 is 10.2 Å². The maximum atomic E-state index is 12.6. The Morgan fingerprint density at radius 1 is 1.08 bits per heavy atom. The Morgan fingerprint density at radius 2 is 1.77 bits per heavy atom. The van der Waals surface area contributed by atoms with E-state index in [1.807, 2.05) is 9.47 Å². The molecule has 1 aromatic rings. The van der Waals surface area contributed by atoms with Gasteiger partial charge in [-0.2, -0.15) is 5.10 Å². The lowest BCUT2D eigenvalue weighted by Gasteiger charge is -2.33. The summed E-state index contributed by atoms with van der Waals surface area (Å²) in [6.45, 7) is 1.32. The van der Waals surface area contributed by atoms with Gasteiger partial charge >= 0.3 is 5.69 Å². The van der Waals surface area contributed by atoms with Crippen LogP contribution in [0, 0.1) is 0 Å². The summed E-state index contributed by atoms with van der Waals surface area (Å²) in [6.07, 6.45) is 7.12. The third kappa shape index (κ3) is 3.05. The molecular formula is C18H27N5O3. The van der Waals surface area contributed by atoms with E-state index in [0.717, 1.165) is 31.5 Å². The van der Waals surface area contributed by atoms with Crippen LogP contribution in [-0.2, 0) is 16.6 Å². The number of hydrogen-bond acceptors (Lipinski definition) is 4. The molecule has 2 amide bonds. The van der Waals surface area contributed by atoms with Crippen LogP contribution in [0.3, 0.4) is 0 Å².